The zero-order valence-electron chi connectivity index (χ0n) is 19.0. The third-order valence-corrected chi connectivity index (χ3v) is 5.38. The number of aryl methyl sites for hydroxylation is 2. The number of benzene rings is 2. The second-order valence-electron chi connectivity index (χ2n) is 7.71. The predicted molar refractivity (Wildman–Crippen MR) is 124 cm³/mol. The van der Waals surface area contributed by atoms with Crippen molar-refractivity contribution < 1.29 is 51.2 Å². The molecule has 0 saturated carbocycles. The van der Waals surface area contributed by atoms with Gasteiger partial charge in [-0.25, -0.2) is 0 Å². The summed E-state index contributed by atoms with van der Waals surface area (Å²) >= 11 is 0. The van der Waals surface area contributed by atoms with Crippen LogP contribution in [0.5, 0.6) is 11.5 Å². The summed E-state index contributed by atoms with van der Waals surface area (Å²) in [5.41, 5.74) is 3.10. The molecule has 0 aliphatic rings. The number of phenols is 2. The summed E-state index contributed by atoms with van der Waals surface area (Å²) in [6, 6.07) is 9.32. The first-order valence-electron chi connectivity index (χ1n) is 11.0. The smallest absolute Gasteiger partial charge is 0.524 e. The molecule has 4 nitrogen and oxygen atoms in total. The molecule has 2 rings (SSSR count). The first-order valence-corrected chi connectivity index (χ1v) is 11.0. The molecular formula is C27H32O4U. The minimum absolute atomic E-state index is 0. The third kappa shape index (κ3) is 7.87. The van der Waals surface area contributed by atoms with E-state index in [0.29, 0.717) is 0 Å². The minimum Gasteiger partial charge on any atom is -0.524 e. The first kappa shape index (κ1) is 28.1. The Hall–Kier alpha value is -1.96. The fourth-order valence-electron chi connectivity index (χ4n) is 3.54. The number of carbonyl (C=O) groups excluding carboxylic acids is 1. The molecule has 0 radical (unpaired) electrons. The molecule has 0 saturated heterocycles. The normalized spacial score (nSPS) is 11.1. The van der Waals surface area contributed by atoms with Crippen LogP contribution in [-0.2, 0) is 12.8 Å². The van der Waals surface area contributed by atoms with Crippen LogP contribution in [0, 0.1) is 43.3 Å². The van der Waals surface area contributed by atoms with Gasteiger partial charge in [0.25, 0.3) is 0 Å². The van der Waals surface area contributed by atoms with Gasteiger partial charge in [0.15, 0.2) is 0 Å². The Morgan fingerprint density at radius 2 is 1.75 bits per heavy atom. The molecule has 2 aromatic carbocycles. The number of allylic oxidation sites excluding steroid dienone is 1. The fraction of sp³-hybridized carbons (Fsp3) is 0.370. The molecule has 32 heavy (non-hydrogen) atoms. The van der Waals surface area contributed by atoms with Crippen LogP contribution in [0.4, 0.5) is 0 Å². The Morgan fingerprint density at radius 1 is 1.06 bits per heavy atom. The van der Waals surface area contributed by atoms with E-state index >= 15 is 0 Å². The Labute approximate surface area is 215 Å². The molecule has 0 fully saturated rings. The van der Waals surface area contributed by atoms with Crippen molar-refractivity contribution in [3.63, 3.8) is 0 Å². The number of aromatic hydroxyl groups is 2. The van der Waals surface area contributed by atoms with Crippen LogP contribution >= 0.6 is 0 Å². The molecule has 0 atom stereocenters. The monoisotopic (exact) mass is 658 g/mol. The molecule has 0 aromatic heterocycles. The largest absolute Gasteiger partial charge is 2.00 e. The second-order valence-corrected chi connectivity index (χ2v) is 7.71. The zero-order chi connectivity index (χ0) is 22.8. The molecule has 0 heterocycles. The molecule has 0 amide bonds. The van der Waals surface area contributed by atoms with Crippen LogP contribution < -0.4 is 0 Å². The average Bonchev–Trinajstić information content (AvgIpc) is 2.77. The van der Waals surface area contributed by atoms with Gasteiger partial charge in [-0.05, 0) is 12.0 Å². The zero-order valence-corrected chi connectivity index (χ0v) is 23.2. The van der Waals surface area contributed by atoms with E-state index < -0.39 is 11.5 Å². The molecule has 0 aliphatic heterocycles. The van der Waals surface area contributed by atoms with E-state index in [-0.39, 0.29) is 59.3 Å². The van der Waals surface area contributed by atoms with Crippen LogP contribution in [0.15, 0.2) is 36.6 Å². The van der Waals surface area contributed by atoms with E-state index in [4.69, 9.17) is 0 Å². The van der Waals surface area contributed by atoms with E-state index in [0.717, 1.165) is 30.4 Å². The summed E-state index contributed by atoms with van der Waals surface area (Å²) in [6.07, 6.45) is 12.9. The number of aliphatic hydroxyl groups is 1. The summed E-state index contributed by atoms with van der Waals surface area (Å²) in [5.74, 6) is -1.85. The minimum atomic E-state index is -0.584. The van der Waals surface area contributed by atoms with Gasteiger partial charge in [0.2, 0.25) is 0 Å². The molecule has 168 valence electrons. The van der Waals surface area contributed by atoms with Crippen molar-refractivity contribution in [2.24, 2.45) is 0 Å². The predicted octanol–water partition coefficient (Wildman–Crippen LogP) is 6.48. The number of aliphatic hydroxyl groups excluding tert-OH is 1. The van der Waals surface area contributed by atoms with Crippen molar-refractivity contribution in [3.05, 3.63) is 76.6 Å². The van der Waals surface area contributed by atoms with Gasteiger partial charge < -0.3 is 20.1 Å². The second kappa shape index (κ2) is 14.2. The van der Waals surface area contributed by atoms with E-state index in [1.54, 1.807) is 0 Å². The summed E-state index contributed by atoms with van der Waals surface area (Å²) in [7, 11) is 0. The number of hydrogen-bond donors (Lipinski definition) is 3. The number of carbonyl (C=O) groups is 1. The average molecular weight is 659 g/mol. The SMILES string of the molecule is C=Cc1cc([C-]=C(O)C(=O)c2[c-]cc(CC)c(CCCCCCCC)c2)cc(O)c1O.[U+2]. The van der Waals surface area contributed by atoms with Crippen LogP contribution in [0.25, 0.3) is 6.08 Å². The molecule has 0 spiro atoms. The number of unbranched alkanes of at least 4 members (excludes halogenated alkanes) is 5. The van der Waals surface area contributed by atoms with Crippen LogP contribution in [0.2, 0.25) is 0 Å². The fourth-order valence-corrected chi connectivity index (χ4v) is 3.54. The van der Waals surface area contributed by atoms with Gasteiger partial charge in [-0.1, -0.05) is 83.6 Å². The molecule has 2 aromatic rings. The number of ketones is 1. The van der Waals surface area contributed by atoms with Gasteiger partial charge in [0.05, 0.1) is 5.76 Å². The van der Waals surface area contributed by atoms with Crippen LogP contribution in [-0.4, -0.2) is 21.1 Å². The van der Waals surface area contributed by atoms with E-state index in [9.17, 15) is 20.1 Å². The van der Waals surface area contributed by atoms with Crippen molar-refractivity contribution in [3.8, 4) is 11.5 Å². The van der Waals surface area contributed by atoms with E-state index in [2.05, 4.69) is 32.6 Å². The van der Waals surface area contributed by atoms with Gasteiger partial charge in [-0.15, -0.1) is 46.5 Å². The third-order valence-electron chi connectivity index (χ3n) is 5.38. The maximum Gasteiger partial charge on any atom is 2.00 e. The maximum absolute atomic E-state index is 12.7. The summed E-state index contributed by atoms with van der Waals surface area (Å²) in [6.45, 7) is 7.85. The van der Waals surface area contributed by atoms with Crippen molar-refractivity contribution in [2.45, 2.75) is 65.2 Å². The topological polar surface area (TPSA) is 77.8 Å². The Balaban J connectivity index is 0.00000512. The van der Waals surface area contributed by atoms with Gasteiger partial charge in [0.1, 0.15) is 17.3 Å². The van der Waals surface area contributed by atoms with Crippen LogP contribution in [0.3, 0.4) is 0 Å². The van der Waals surface area contributed by atoms with Crippen molar-refractivity contribution in [1.29, 1.82) is 0 Å². The van der Waals surface area contributed by atoms with Gasteiger partial charge >= 0.3 is 31.1 Å². The Kier molecular flexibility index (Phi) is 12.5. The molecule has 3 N–H and O–H groups in total. The van der Waals surface area contributed by atoms with Gasteiger partial charge in [-0.3, -0.25) is 0 Å². The van der Waals surface area contributed by atoms with E-state index in [1.807, 2.05) is 12.1 Å². The standard InChI is InChI=1S/C27H32O4.U/c1-4-7-8-9-10-11-12-22-18-23(14-13-20(22)5-2)27(31)25(29)17-19-15-21(6-3)26(30)24(28)16-19;/h6,13,15-16,18,28-30H,3-5,7-12H2,1-2H3;/q-2;+2. The summed E-state index contributed by atoms with van der Waals surface area (Å²) in [4.78, 5) is 12.7. The van der Waals surface area contributed by atoms with Crippen molar-refractivity contribution in [2.75, 3.05) is 0 Å². The molecule has 0 bridgehead atoms. The van der Waals surface area contributed by atoms with Crippen molar-refractivity contribution >= 4 is 11.9 Å². The van der Waals surface area contributed by atoms with Crippen LogP contribution in [0.1, 0.15) is 85.0 Å². The Morgan fingerprint density at radius 3 is 2.41 bits per heavy atom. The first-order chi connectivity index (χ1) is 14.9. The molecule has 5 heteroatoms. The molecule has 0 unspecified atom stereocenters. The van der Waals surface area contributed by atoms with E-state index in [1.165, 1.54) is 50.3 Å². The maximum atomic E-state index is 12.7. The number of phenolic OH excluding ortho intramolecular Hbond substituents is 2. The quantitative estimate of drug-likeness (QED) is 0.0610. The molecule has 0 aliphatic carbocycles. The summed E-state index contributed by atoms with van der Waals surface area (Å²) < 4.78 is 0. The number of rotatable bonds is 12. The van der Waals surface area contributed by atoms with Gasteiger partial charge in [-0.2, -0.15) is 0 Å². The van der Waals surface area contributed by atoms with Crippen molar-refractivity contribution in [1.82, 2.24) is 0 Å². The Bertz CT molecular complexity index is 947. The molecular weight excluding hydrogens is 626 g/mol. The summed E-state index contributed by atoms with van der Waals surface area (Å²) in [5, 5.41) is 29.9. The number of hydrogen-bond acceptors (Lipinski definition) is 4. The van der Waals surface area contributed by atoms with Gasteiger partial charge in [0, 0.05) is 0 Å². The number of Topliss-reactive ketones (excluding diaryl/α,β-unsaturated/α-hetero) is 1.